The summed E-state index contributed by atoms with van der Waals surface area (Å²) in [6, 6.07) is 36.8. The zero-order chi connectivity index (χ0) is 71.4. The van der Waals surface area contributed by atoms with Crippen molar-refractivity contribution in [2.45, 2.75) is 53.1 Å². The van der Waals surface area contributed by atoms with Crippen molar-refractivity contribution in [3.05, 3.63) is 240 Å². The molecule has 2 amide bonds. The number of fused-ring (bicyclic) bond motifs is 2. The van der Waals surface area contributed by atoms with Gasteiger partial charge in [0.15, 0.2) is 0 Å². The van der Waals surface area contributed by atoms with E-state index < -0.39 is 16.1 Å². The van der Waals surface area contributed by atoms with E-state index in [1.54, 1.807) is 79.0 Å². The fraction of sp³-hybridized carbons (Fsp3) is 0.134. The van der Waals surface area contributed by atoms with Crippen molar-refractivity contribution in [1.29, 1.82) is 0 Å². The van der Waals surface area contributed by atoms with Gasteiger partial charge >= 0.3 is 0 Å². The van der Waals surface area contributed by atoms with Crippen LogP contribution in [0.2, 0.25) is 39.3 Å². The highest BCUT2D eigenvalue weighted by atomic mass is 127. The molecule has 0 saturated heterocycles. The van der Waals surface area contributed by atoms with E-state index in [2.05, 4.69) is 167 Å². The van der Waals surface area contributed by atoms with Crippen LogP contribution in [-0.2, 0) is 16.6 Å². The van der Waals surface area contributed by atoms with Gasteiger partial charge in [-0.3, -0.25) is 9.59 Å². The van der Waals surface area contributed by atoms with Gasteiger partial charge in [-0.1, -0.05) is 57.3 Å². The second-order valence-corrected chi connectivity index (χ2v) is 37.2. The minimum absolute atomic E-state index is 0.199. The third-order valence-corrected chi connectivity index (χ3v) is 17.2. The summed E-state index contributed by atoms with van der Waals surface area (Å²) in [4.78, 5) is 24.0. The Labute approximate surface area is 608 Å². The van der Waals surface area contributed by atoms with Gasteiger partial charge in [0, 0.05) is 87.1 Å². The van der Waals surface area contributed by atoms with Gasteiger partial charge in [-0.05, 0) is 252 Å². The second-order valence-electron chi connectivity index (χ2n) is 21.3. The first-order valence-corrected chi connectivity index (χ1v) is 40.0. The van der Waals surface area contributed by atoms with E-state index >= 15 is 0 Å². The number of amides is 2. The summed E-state index contributed by atoms with van der Waals surface area (Å²) in [5.74, 6) is 0.120. The number of rotatable bonds is 2. The number of nitrogen functional groups attached to an aromatic ring is 4. The standard InChI is InChI=1S/C11H13BrFNSi.C9H7BrFN.C8H7BrFNO.C8H5BrFN.C8H8FNO.C6H4BrFIN.C6H5BrFN.C6H6FN.C5H10Si/c1-15(2,3)5-4-8-6-9(12)10(13)7-11(8)14;1-12-3-2-6-4-7(10)8(11)5-9(6)12;1-5(12)11-6-2-3-7(9)8(10)4-6;9-6-3-5-1-2-11-8(5)4-7(6)10;1-6(11)10-8-4-2-3-7(9)5-8;7-3-1-5(9)6(10)2-4(3)8;7-5-2-1-4(9)3-6(5)8;7-5-2-1-3-6(8)4-5;1-5-6(2,3)4/h6-7H,14H2,1-3H3;2-5H,1H3;2-4H,1H3,(H,11,12);1-4,11H;2-5H,1H3,(H,10,11);1-2H,10H2;1-3H,9H2;1-4H,8H2;1H,2-4H3. The second kappa shape index (κ2) is 40.9. The van der Waals surface area contributed by atoms with Crippen molar-refractivity contribution in [2.75, 3.05) is 33.6 Å². The molecule has 0 aliphatic heterocycles. The van der Waals surface area contributed by atoms with Gasteiger partial charge in [0.25, 0.3) is 0 Å². The Kier molecular flexibility index (Phi) is 36.4. The quantitative estimate of drug-likeness (QED) is 0.0226. The minimum atomic E-state index is -1.42. The molecule has 0 spiro atoms. The summed E-state index contributed by atoms with van der Waals surface area (Å²) in [6.07, 6.45) is 8.82. The maximum atomic E-state index is 13.1. The summed E-state index contributed by atoms with van der Waals surface area (Å²) in [7, 11) is -0.625. The molecular formula is C67H65Br6F8IN8O2Si2. The number of carbonyl (C=O) groups excluding carboxylic acids is 2. The van der Waals surface area contributed by atoms with E-state index in [0.717, 1.165) is 25.4 Å². The van der Waals surface area contributed by atoms with E-state index in [0.29, 0.717) is 66.5 Å². The molecule has 10 rings (SSSR count). The summed E-state index contributed by atoms with van der Waals surface area (Å²) in [5, 5.41) is 7.00. The molecule has 11 N–H and O–H groups in total. The first-order valence-electron chi connectivity index (χ1n) is 27.1. The lowest BCUT2D eigenvalue weighted by atomic mass is 10.2. The average Bonchev–Trinajstić information content (AvgIpc) is 1.68. The number of halogens is 15. The molecule has 0 atom stereocenters. The van der Waals surface area contributed by atoms with Crippen molar-refractivity contribution in [3.63, 3.8) is 0 Å². The Bertz CT molecular complexity index is 4190. The molecule has 94 heavy (non-hydrogen) atoms. The molecule has 0 bridgehead atoms. The predicted octanol–water partition coefficient (Wildman–Crippen LogP) is 21.7. The normalized spacial score (nSPS) is 10.1. The highest BCUT2D eigenvalue weighted by molar-refractivity contribution is 14.1. The molecule has 0 unspecified atom stereocenters. The molecular weight excluding hydrogens is 1760 g/mol. The monoisotopic (exact) mass is 1820 g/mol. The van der Waals surface area contributed by atoms with Crippen LogP contribution in [-0.4, -0.2) is 37.5 Å². The van der Waals surface area contributed by atoms with E-state index in [4.69, 9.17) is 29.4 Å². The topological polar surface area (TPSA) is 183 Å². The van der Waals surface area contributed by atoms with Crippen LogP contribution in [0.15, 0.2) is 185 Å². The van der Waals surface area contributed by atoms with E-state index in [1.165, 1.54) is 74.5 Å². The number of aromatic nitrogens is 2. The summed E-state index contributed by atoms with van der Waals surface area (Å²) in [6.45, 7) is 15.6. The fourth-order valence-electron chi connectivity index (χ4n) is 6.34. The number of aryl methyl sites for hydroxylation is 1. The van der Waals surface area contributed by atoms with E-state index in [1.807, 2.05) is 52.5 Å². The molecule has 10 aromatic rings. The van der Waals surface area contributed by atoms with Crippen molar-refractivity contribution in [2.24, 2.45) is 7.05 Å². The van der Waals surface area contributed by atoms with Gasteiger partial charge in [0.2, 0.25) is 11.8 Å². The van der Waals surface area contributed by atoms with Gasteiger partial charge in [0.1, 0.15) is 62.7 Å². The van der Waals surface area contributed by atoms with Gasteiger partial charge in [-0.15, -0.1) is 17.5 Å². The molecule has 0 aliphatic rings. The van der Waals surface area contributed by atoms with E-state index in [9.17, 15) is 44.7 Å². The summed E-state index contributed by atoms with van der Waals surface area (Å²) < 4.78 is 107. The Balaban J connectivity index is 0.000000363. The van der Waals surface area contributed by atoms with Gasteiger partial charge in [-0.25, -0.2) is 35.1 Å². The molecule has 498 valence electrons. The lowest BCUT2D eigenvalue weighted by Gasteiger charge is -2.05. The van der Waals surface area contributed by atoms with Gasteiger partial charge in [0.05, 0.1) is 38.0 Å². The molecule has 2 aromatic heterocycles. The zero-order valence-corrected chi connectivity index (χ0v) is 65.5. The molecule has 0 fully saturated rings. The van der Waals surface area contributed by atoms with Crippen molar-refractivity contribution in [3.8, 4) is 23.4 Å². The maximum absolute atomic E-state index is 13.1. The number of nitrogens with one attached hydrogen (secondary N) is 3. The van der Waals surface area contributed by atoms with E-state index in [-0.39, 0.29) is 58.4 Å². The smallest absolute Gasteiger partial charge is 0.221 e. The van der Waals surface area contributed by atoms with Crippen molar-refractivity contribution in [1.82, 2.24) is 9.55 Å². The number of nitrogens with zero attached hydrogens (tertiary/aromatic N) is 1. The first-order chi connectivity index (χ1) is 43.7. The molecule has 0 aliphatic carbocycles. The van der Waals surface area contributed by atoms with Crippen LogP contribution in [0.5, 0.6) is 0 Å². The SMILES string of the molecule is C#C[Si](C)(C)C.CC(=O)Nc1ccc(Br)c(F)c1.CC(=O)Nc1cccc(F)c1.C[Si](C)(C)C#Cc1cc(Br)c(F)cc1N.Cn1ccc2cc(Br)c(F)cc21.Fc1cc2[nH]ccc2cc1Br.Nc1cc(F)c(Br)cc1I.Nc1ccc(Br)c(F)c1.Nc1cccc(F)c1. The number of aromatic amines is 1. The largest absolute Gasteiger partial charge is 0.399 e. The fourth-order valence-corrected chi connectivity index (χ4v) is 9.65. The number of nitrogens with two attached hydrogens (primary N) is 4. The zero-order valence-electron chi connectivity index (χ0n) is 51.8. The maximum Gasteiger partial charge on any atom is 0.221 e. The van der Waals surface area contributed by atoms with Crippen LogP contribution in [0.4, 0.5) is 69.2 Å². The highest BCUT2D eigenvalue weighted by Gasteiger charge is 2.10. The summed E-state index contributed by atoms with van der Waals surface area (Å²) in [5.41, 5.74) is 32.6. The Morgan fingerprint density at radius 1 is 0.511 bits per heavy atom. The van der Waals surface area contributed by atoms with Crippen LogP contribution in [0.1, 0.15) is 19.4 Å². The van der Waals surface area contributed by atoms with Crippen molar-refractivity contribution >= 4 is 202 Å². The summed E-state index contributed by atoms with van der Waals surface area (Å²) >= 11 is 20.5. The third-order valence-electron chi connectivity index (χ3n) is 10.8. The Morgan fingerprint density at radius 3 is 1.45 bits per heavy atom. The number of terminal acetylenes is 1. The number of H-pyrrole nitrogens is 1. The molecule has 8 aromatic carbocycles. The van der Waals surface area contributed by atoms with Crippen LogP contribution in [0, 0.1) is 73.5 Å². The number of anilines is 6. The first kappa shape index (κ1) is 83.7. The average molecular weight is 1830 g/mol. The molecule has 2 heterocycles. The predicted molar refractivity (Wildman–Crippen MR) is 407 cm³/mol. The molecule has 0 saturated carbocycles. The number of hydrogen-bond donors (Lipinski definition) is 7. The van der Waals surface area contributed by atoms with Crippen molar-refractivity contribution < 1.29 is 44.7 Å². The van der Waals surface area contributed by atoms with Crippen LogP contribution in [0.3, 0.4) is 0 Å². The van der Waals surface area contributed by atoms with Crippen LogP contribution in [0.25, 0.3) is 21.8 Å². The Hall–Kier alpha value is -6.42. The highest BCUT2D eigenvalue weighted by Crippen LogP contribution is 2.27. The number of carbonyl (C=O) groups is 2. The molecule has 27 heteroatoms. The molecule has 10 nitrogen and oxygen atoms in total. The number of benzene rings is 8. The molecule has 0 radical (unpaired) electrons. The lowest BCUT2D eigenvalue weighted by molar-refractivity contribution is -0.115. The Morgan fingerprint density at radius 2 is 0.968 bits per heavy atom. The third kappa shape index (κ3) is 33.3. The number of hydrogen-bond acceptors (Lipinski definition) is 6. The van der Waals surface area contributed by atoms with Crippen LogP contribution < -0.4 is 33.6 Å². The van der Waals surface area contributed by atoms with Crippen LogP contribution >= 0.6 is 118 Å². The van der Waals surface area contributed by atoms with Gasteiger partial charge < -0.3 is 43.1 Å². The van der Waals surface area contributed by atoms with Gasteiger partial charge in [-0.2, -0.15) is 0 Å². The lowest BCUT2D eigenvalue weighted by Crippen LogP contribution is -2.16. The minimum Gasteiger partial charge on any atom is -0.399 e.